The molecule has 3 aromatic carbocycles. The summed E-state index contributed by atoms with van der Waals surface area (Å²) in [7, 11) is 1.67. The van der Waals surface area contributed by atoms with Crippen molar-refractivity contribution >= 4 is 17.3 Å². The number of methoxy groups -OCH3 is 1. The first-order valence-electron chi connectivity index (χ1n) is 9.24. The summed E-state index contributed by atoms with van der Waals surface area (Å²) in [5.41, 5.74) is 4.30. The van der Waals surface area contributed by atoms with Gasteiger partial charge in [-0.2, -0.15) is 5.10 Å². The van der Waals surface area contributed by atoms with E-state index in [0.29, 0.717) is 0 Å². The second-order valence-corrected chi connectivity index (χ2v) is 7.37. The van der Waals surface area contributed by atoms with E-state index in [1.54, 1.807) is 7.11 Å². The number of ether oxygens (including phenoxy) is 2. The van der Waals surface area contributed by atoms with Gasteiger partial charge in [0, 0.05) is 22.6 Å². The molecule has 5 rings (SSSR count). The third-order valence-electron chi connectivity index (χ3n) is 5.26. The van der Waals surface area contributed by atoms with Gasteiger partial charge in [0.05, 0.1) is 18.9 Å². The van der Waals surface area contributed by atoms with Gasteiger partial charge in [-0.15, -0.1) is 0 Å². The predicted octanol–water partition coefficient (Wildman–Crippen LogP) is 5.59. The molecule has 0 radical (unpaired) electrons. The quantitative estimate of drug-likeness (QED) is 0.584. The van der Waals surface area contributed by atoms with Gasteiger partial charge < -0.3 is 9.47 Å². The van der Waals surface area contributed by atoms with Crippen molar-refractivity contribution < 1.29 is 9.47 Å². The van der Waals surface area contributed by atoms with E-state index in [4.69, 9.17) is 26.2 Å². The minimum Gasteiger partial charge on any atom is -0.497 e. The van der Waals surface area contributed by atoms with Crippen molar-refractivity contribution in [2.75, 3.05) is 7.11 Å². The fourth-order valence-electron chi connectivity index (χ4n) is 3.87. The van der Waals surface area contributed by atoms with E-state index in [1.807, 2.05) is 66.7 Å². The van der Waals surface area contributed by atoms with E-state index in [0.717, 1.165) is 45.3 Å². The molecule has 0 unspecified atom stereocenters. The van der Waals surface area contributed by atoms with Crippen molar-refractivity contribution in [3.05, 3.63) is 94.5 Å². The highest BCUT2D eigenvalue weighted by atomic mass is 35.5. The maximum Gasteiger partial charge on any atom is 0.214 e. The van der Waals surface area contributed by atoms with Gasteiger partial charge in [0.25, 0.3) is 0 Å². The molecule has 28 heavy (non-hydrogen) atoms. The van der Waals surface area contributed by atoms with Crippen LogP contribution in [0.3, 0.4) is 0 Å². The lowest BCUT2D eigenvalue weighted by Gasteiger charge is -2.38. The van der Waals surface area contributed by atoms with Gasteiger partial charge in [-0.3, -0.25) is 0 Å². The average molecular weight is 391 g/mol. The van der Waals surface area contributed by atoms with E-state index in [2.05, 4.69) is 11.1 Å². The molecule has 0 fully saturated rings. The van der Waals surface area contributed by atoms with Crippen molar-refractivity contribution in [2.45, 2.75) is 18.7 Å². The lowest BCUT2D eigenvalue weighted by Crippen LogP contribution is -2.33. The minimum atomic E-state index is -0.306. The lowest BCUT2D eigenvalue weighted by atomic mass is 9.96. The fraction of sp³-hybridized carbons (Fsp3) is 0.174. The highest BCUT2D eigenvalue weighted by Crippen LogP contribution is 2.47. The summed E-state index contributed by atoms with van der Waals surface area (Å²) in [5.74, 6) is 1.71. The molecule has 2 atom stereocenters. The molecule has 3 aromatic rings. The Labute approximate surface area is 169 Å². The van der Waals surface area contributed by atoms with Gasteiger partial charge in [-0.25, -0.2) is 5.01 Å². The molecule has 4 nitrogen and oxygen atoms in total. The number of rotatable bonds is 3. The monoisotopic (exact) mass is 390 g/mol. The Morgan fingerprint density at radius 2 is 1.86 bits per heavy atom. The highest BCUT2D eigenvalue weighted by Gasteiger charge is 2.40. The van der Waals surface area contributed by atoms with E-state index in [1.165, 1.54) is 0 Å². The molecule has 0 aromatic heterocycles. The normalized spacial score (nSPS) is 20.1. The molecule has 0 saturated carbocycles. The molecule has 0 aliphatic carbocycles. The summed E-state index contributed by atoms with van der Waals surface area (Å²) in [5, 5.41) is 7.76. The number of para-hydroxylation sites is 1. The summed E-state index contributed by atoms with van der Waals surface area (Å²) >= 11 is 6.06. The molecule has 0 saturated heterocycles. The third-order valence-corrected chi connectivity index (χ3v) is 5.51. The predicted molar refractivity (Wildman–Crippen MR) is 110 cm³/mol. The molecule has 2 aliphatic rings. The summed E-state index contributed by atoms with van der Waals surface area (Å²) in [6, 6.07) is 24.2. The molecule has 0 N–H and O–H groups in total. The standard InChI is InChI=1S/C23H19ClN2O2/c1-27-18-6-4-5-16(13-18)23-26-21(19-7-2-3-8-22(19)28-23)14-20(25-26)15-9-11-17(24)12-10-15/h2-13,21,23H,14H2,1H3/t21-,23-/m0/s1. The Hall–Kier alpha value is -2.98. The Bertz CT molecular complexity index is 1050. The van der Waals surface area contributed by atoms with Gasteiger partial charge in [-0.1, -0.05) is 54.1 Å². The van der Waals surface area contributed by atoms with Crippen LogP contribution in [0, 0.1) is 0 Å². The van der Waals surface area contributed by atoms with Crippen LogP contribution in [-0.4, -0.2) is 17.8 Å². The fourth-order valence-corrected chi connectivity index (χ4v) is 3.99. The smallest absolute Gasteiger partial charge is 0.214 e. The van der Waals surface area contributed by atoms with E-state index < -0.39 is 0 Å². The maximum atomic E-state index is 6.38. The highest BCUT2D eigenvalue weighted by molar-refractivity contribution is 6.30. The van der Waals surface area contributed by atoms with Gasteiger partial charge in [0.15, 0.2) is 0 Å². The largest absolute Gasteiger partial charge is 0.497 e. The second-order valence-electron chi connectivity index (χ2n) is 6.94. The first kappa shape index (κ1) is 17.1. The zero-order valence-electron chi connectivity index (χ0n) is 15.4. The number of hydrogen-bond donors (Lipinski definition) is 0. The molecule has 2 aliphatic heterocycles. The summed E-state index contributed by atoms with van der Waals surface area (Å²) < 4.78 is 11.8. The molecule has 2 heterocycles. The van der Waals surface area contributed by atoms with Crippen molar-refractivity contribution in [1.82, 2.24) is 5.01 Å². The molecule has 0 bridgehead atoms. The molecular weight excluding hydrogens is 372 g/mol. The van der Waals surface area contributed by atoms with Gasteiger partial charge in [0.2, 0.25) is 6.23 Å². The molecule has 0 amide bonds. The van der Waals surface area contributed by atoms with Crippen LogP contribution < -0.4 is 9.47 Å². The van der Waals surface area contributed by atoms with Gasteiger partial charge in [-0.05, 0) is 35.9 Å². The average Bonchev–Trinajstić information content (AvgIpc) is 3.19. The van der Waals surface area contributed by atoms with E-state index in [9.17, 15) is 0 Å². The first-order valence-corrected chi connectivity index (χ1v) is 9.62. The zero-order chi connectivity index (χ0) is 19.1. The van der Waals surface area contributed by atoms with Crippen LogP contribution >= 0.6 is 11.6 Å². The summed E-state index contributed by atoms with van der Waals surface area (Å²) in [6.07, 6.45) is 0.516. The Morgan fingerprint density at radius 3 is 2.68 bits per heavy atom. The van der Waals surface area contributed by atoms with Crippen molar-refractivity contribution in [3.63, 3.8) is 0 Å². The third kappa shape index (κ3) is 2.90. The Balaban J connectivity index is 1.59. The number of nitrogens with zero attached hydrogens (tertiary/aromatic N) is 2. The number of fused-ring (bicyclic) bond motifs is 3. The summed E-state index contributed by atoms with van der Waals surface area (Å²) in [6.45, 7) is 0. The Morgan fingerprint density at radius 1 is 1.04 bits per heavy atom. The van der Waals surface area contributed by atoms with Crippen LogP contribution in [0.5, 0.6) is 11.5 Å². The van der Waals surface area contributed by atoms with Crippen LogP contribution in [-0.2, 0) is 0 Å². The van der Waals surface area contributed by atoms with Gasteiger partial charge in [0.1, 0.15) is 11.5 Å². The maximum absolute atomic E-state index is 6.38. The number of halogens is 1. The number of hydrogen-bond acceptors (Lipinski definition) is 4. The van der Waals surface area contributed by atoms with Crippen LogP contribution in [0.4, 0.5) is 0 Å². The number of hydrazone groups is 1. The van der Waals surface area contributed by atoms with E-state index in [-0.39, 0.29) is 12.3 Å². The number of benzene rings is 3. The molecule has 140 valence electrons. The van der Waals surface area contributed by atoms with Crippen LogP contribution in [0.1, 0.15) is 35.4 Å². The van der Waals surface area contributed by atoms with Crippen molar-refractivity contribution in [3.8, 4) is 11.5 Å². The van der Waals surface area contributed by atoms with Crippen molar-refractivity contribution in [1.29, 1.82) is 0 Å². The zero-order valence-corrected chi connectivity index (χ0v) is 16.1. The van der Waals surface area contributed by atoms with E-state index >= 15 is 0 Å². The second kappa shape index (κ2) is 6.88. The SMILES string of the molecule is COc1cccc([C@@H]2Oc3ccccc3[C@@H]3CC(c4ccc(Cl)cc4)=NN32)c1. The van der Waals surface area contributed by atoms with Gasteiger partial charge >= 0.3 is 0 Å². The Kier molecular flexibility index (Phi) is 4.21. The first-order chi connectivity index (χ1) is 13.7. The van der Waals surface area contributed by atoms with Crippen molar-refractivity contribution in [2.24, 2.45) is 5.10 Å². The molecular formula is C23H19ClN2O2. The topological polar surface area (TPSA) is 34.1 Å². The van der Waals surface area contributed by atoms with Crippen LogP contribution in [0.25, 0.3) is 0 Å². The van der Waals surface area contributed by atoms with Crippen LogP contribution in [0.2, 0.25) is 5.02 Å². The molecule has 0 spiro atoms. The summed E-state index contributed by atoms with van der Waals surface area (Å²) in [4.78, 5) is 0. The molecule has 5 heteroatoms. The van der Waals surface area contributed by atoms with Crippen LogP contribution in [0.15, 0.2) is 77.9 Å². The lowest BCUT2D eigenvalue weighted by molar-refractivity contribution is -0.0191. The minimum absolute atomic E-state index is 0.131.